The second-order valence-electron chi connectivity index (χ2n) is 5.84. The molecule has 1 aromatic heterocycles. The number of nitrogens with one attached hydrogen (secondary N) is 1. The average molecular weight is 304 g/mol. The van der Waals surface area contributed by atoms with Crippen molar-refractivity contribution in [2.45, 2.75) is 39.0 Å². The van der Waals surface area contributed by atoms with Crippen LogP contribution in [0.2, 0.25) is 0 Å². The van der Waals surface area contributed by atoms with Crippen molar-refractivity contribution in [3.05, 3.63) is 21.9 Å². The summed E-state index contributed by atoms with van der Waals surface area (Å²) >= 11 is 1.43. The Labute approximate surface area is 131 Å². The molecular weight excluding hydrogens is 280 g/mol. The minimum absolute atomic E-state index is 0.0185. The van der Waals surface area contributed by atoms with E-state index in [0.29, 0.717) is 6.54 Å². The van der Waals surface area contributed by atoms with Gasteiger partial charge < -0.3 is 11.1 Å². The second kappa shape index (κ2) is 8.21. The summed E-state index contributed by atoms with van der Waals surface area (Å²) in [6, 6.07) is 3.72. The van der Waals surface area contributed by atoms with Crippen LogP contribution in [-0.2, 0) is 0 Å². The van der Waals surface area contributed by atoms with Crippen molar-refractivity contribution in [3.8, 4) is 11.8 Å². The minimum atomic E-state index is 0.0185. The molecule has 1 fully saturated rings. The van der Waals surface area contributed by atoms with Gasteiger partial charge in [0.15, 0.2) is 0 Å². The number of nitrogens with two attached hydrogens (primary N) is 1. The van der Waals surface area contributed by atoms with Gasteiger partial charge in [0.25, 0.3) is 5.91 Å². The predicted octanol–water partition coefficient (Wildman–Crippen LogP) is 3.00. The SMILES string of the molecule is CC1CCC(CCNC(=O)c2ccc(C#CCN)s2)CC1. The first-order valence-corrected chi connectivity index (χ1v) is 8.57. The van der Waals surface area contributed by atoms with Crippen LogP contribution in [0.1, 0.15) is 53.6 Å². The third-order valence-electron chi connectivity index (χ3n) is 4.12. The maximum atomic E-state index is 12.1. The van der Waals surface area contributed by atoms with Gasteiger partial charge in [0, 0.05) is 6.54 Å². The Kier molecular flexibility index (Phi) is 6.28. The number of rotatable bonds is 4. The van der Waals surface area contributed by atoms with Gasteiger partial charge in [0.1, 0.15) is 0 Å². The molecule has 1 aliphatic carbocycles. The summed E-state index contributed by atoms with van der Waals surface area (Å²) in [7, 11) is 0. The van der Waals surface area contributed by atoms with E-state index >= 15 is 0 Å². The highest BCUT2D eigenvalue weighted by atomic mass is 32.1. The number of hydrogen-bond acceptors (Lipinski definition) is 3. The van der Waals surface area contributed by atoms with E-state index in [1.807, 2.05) is 12.1 Å². The van der Waals surface area contributed by atoms with Gasteiger partial charge in [-0.3, -0.25) is 4.79 Å². The zero-order valence-electron chi connectivity index (χ0n) is 12.7. The van der Waals surface area contributed by atoms with Crippen molar-refractivity contribution >= 4 is 17.2 Å². The van der Waals surface area contributed by atoms with Crippen molar-refractivity contribution in [2.75, 3.05) is 13.1 Å². The van der Waals surface area contributed by atoms with Gasteiger partial charge in [-0.05, 0) is 30.4 Å². The molecule has 1 saturated carbocycles. The van der Waals surface area contributed by atoms with E-state index in [4.69, 9.17) is 5.73 Å². The Morgan fingerprint density at radius 2 is 2.14 bits per heavy atom. The lowest BCUT2D eigenvalue weighted by Gasteiger charge is -2.26. The maximum absolute atomic E-state index is 12.1. The standard InChI is InChI=1S/C17H24N2OS/c1-13-4-6-14(7-5-13)10-12-19-17(20)16-9-8-15(21-16)3-2-11-18/h8-9,13-14H,4-7,10-12,18H2,1H3,(H,19,20). The molecule has 2 rings (SSSR count). The summed E-state index contributed by atoms with van der Waals surface area (Å²) < 4.78 is 0. The van der Waals surface area contributed by atoms with Crippen LogP contribution in [0.25, 0.3) is 0 Å². The highest BCUT2D eigenvalue weighted by Crippen LogP contribution is 2.29. The van der Waals surface area contributed by atoms with Gasteiger partial charge in [-0.2, -0.15) is 0 Å². The van der Waals surface area contributed by atoms with Crippen molar-refractivity contribution in [1.29, 1.82) is 0 Å². The van der Waals surface area contributed by atoms with Crippen LogP contribution in [0.15, 0.2) is 12.1 Å². The van der Waals surface area contributed by atoms with Crippen LogP contribution in [-0.4, -0.2) is 19.0 Å². The van der Waals surface area contributed by atoms with Crippen molar-refractivity contribution in [2.24, 2.45) is 17.6 Å². The summed E-state index contributed by atoms with van der Waals surface area (Å²) in [6.45, 7) is 3.46. The average Bonchev–Trinajstić information content (AvgIpc) is 2.96. The summed E-state index contributed by atoms with van der Waals surface area (Å²) in [5, 5.41) is 3.03. The van der Waals surface area contributed by atoms with E-state index in [1.165, 1.54) is 37.0 Å². The molecule has 0 aromatic carbocycles. The Hall–Kier alpha value is -1.31. The molecule has 3 nitrogen and oxygen atoms in total. The Morgan fingerprint density at radius 3 is 2.86 bits per heavy atom. The van der Waals surface area contributed by atoms with Gasteiger partial charge in [0.2, 0.25) is 0 Å². The van der Waals surface area contributed by atoms with Crippen LogP contribution in [0.3, 0.4) is 0 Å². The lowest BCUT2D eigenvalue weighted by Crippen LogP contribution is -2.26. The molecule has 0 radical (unpaired) electrons. The molecule has 0 aliphatic heterocycles. The molecule has 1 aromatic rings. The smallest absolute Gasteiger partial charge is 0.261 e. The summed E-state index contributed by atoms with van der Waals surface area (Å²) in [5.41, 5.74) is 5.34. The summed E-state index contributed by atoms with van der Waals surface area (Å²) in [6.07, 6.45) is 6.41. The van der Waals surface area contributed by atoms with E-state index in [2.05, 4.69) is 24.1 Å². The number of carbonyl (C=O) groups is 1. The Morgan fingerprint density at radius 1 is 1.38 bits per heavy atom. The quantitative estimate of drug-likeness (QED) is 0.840. The van der Waals surface area contributed by atoms with Gasteiger partial charge in [-0.15, -0.1) is 11.3 Å². The van der Waals surface area contributed by atoms with E-state index in [0.717, 1.165) is 34.6 Å². The molecule has 3 N–H and O–H groups in total. The first-order valence-electron chi connectivity index (χ1n) is 7.76. The third-order valence-corrected chi connectivity index (χ3v) is 5.12. The van der Waals surface area contributed by atoms with Crippen molar-refractivity contribution < 1.29 is 4.79 Å². The lowest BCUT2D eigenvalue weighted by molar-refractivity contribution is 0.0954. The normalized spacial score (nSPS) is 21.4. The molecule has 21 heavy (non-hydrogen) atoms. The van der Waals surface area contributed by atoms with Gasteiger partial charge in [-0.25, -0.2) is 0 Å². The van der Waals surface area contributed by atoms with Gasteiger partial charge >= 0.3 is 0 Å². The first-order chi connectivity index (χ1) is 10.2. The molecular formula is C17H24N2OS. The monoisotopic (exact) mass is 304 g/mol. The van der Waals surface area contributed by atoms with E-state index < -0.39 is 0 Å². The molecule has 0 spiro atoms. The zero-order chi connectivity index (χ0) is 15.1. The number of hydrogen-bond donors (Lipinski definition) is 2. The lowest BCUT2D eigenvalue weighted by atomic mass is 9.81. The second-order valence-corrected chi connectivity index (χ2v) is 6.92. The molecule has 1 aliphatic rings. The van der Waals surface area contributed by atoms with E-state index in [1.54, 1.807) is 0 Å². The Bertz CT molecular complexity index is 518. The molecule has 4 heteroatoms. The van der Waals surface area contributed by atoms with E-state index in [9.17, 15) is 4.79 Å². The highest BCUT2D eigenvalue weighted by molar-refractivity contribution is 7.14. The molecule has 0 atom stereocenters. The fourth-order valence-corrected chi connectivity index (χ4v) is 3.56. The zero-order valence-corrected chi connectivity index (χ0v) is 13.5. The van der Waals surface area contributed by atoms with Crippen LogP contribution in [0.5, 0.6) is 0 Å². The fourth-order valence-electron chi connectivity index (χ4n) is 2.76. The van der Waals surface area contributed by atoms with Crippen LogP contribution in [0, 0.1) is 23.7 Å². The molecule has 114 valence electrons. The third kappa shape index (κ3) is 5.18. The molecule has 1 heterocycles. The molecule has 0 saturated heterocycles. The molecule has 0 unspecified atom stereocenters. The topological polar surface area (TPSA) is 55.1 Å². The van der Waals surface area contributed by atoms with Crippen LogP contribution >= 0.6 is 11.3 Å². The van der Waals surface area contributed by atoms with E-state index in [-0.39, 0.29) is 5.91 Å². The van der Waals surface area contributed by atoms with Crippen LogP contribution in [0.4, 0.5) is 0 Å². The van der Waals surface area contributed by atoms with Crippen LogP contribution < -0.4 is 11.1 Å². The van der Waals surface area contributed by atoms with Crippen molar-refractivity contribution in [1.82, 2.24) is 5.32 Å². The minimum Gasteiger partial charge on any atom is -0.351 e. The number of amides is 1. The fraction of sp³-hybridized carbons (Fsp3) is 0.588. The molecule has 0 bridgehead atoms. The predicted molar refractivity (Wildman–Crippen MR) is 88.3 cm³/mol. The highest BCUT2D eigenvalue weighted by Gasteiger charge is 2.18. The summed E-state index contributed by atoms with van der Waals surface area (Å²) in [4.78, 5) is 13.7. The van der Waals surface area contributed by atoms with Gasteiger partial charge in [0.05, 0.1) is 16.3 Å². The summed E-state index contributed by atoms with van der Waals surface area (Å²) in [5.74, 6) is 7.45. The number of thiophene rings is 1. The van der Waals surface area contributed by atoms with Crippen molar-refractivity contribution in [3.63, 3.8) is 0 Å². The van der Waals surface area contributed by atoms with Gasteiger partial charge in [-0.1, -0.05) is 44.4 Å². The maximum Gasteiger partial charge on any atom is 0.261 e. The molecule has 1 amide bonds. The first kappa shape index (κ1) is 16.1. The number of carbonyl (C=O) groups excluding carboxylic acids is 1. The Balaban J connectivity index is 1.73. The largest absolute Gasteiger partial charge is 0.351 e.